The fourth-order valence-electron chi connectivity index (χ4n) is 0.670. The van der Waals surface area contributed by atoms with Crippen molar-refractivity contribution in [3.8, 4) is 0 Å². The van der Waals surface area contributed by atoms with Crippen molar-refractivity contribution >= 4 is 46.7 Å². The number of hydrogen-bond acceptors (Lipinski definition) is 6. The third-order valence-electron chi connectivity index (χ3n) is 1.53. The normalized spacial score (nSPS) is 8.18. The Morgan fingerprint density at radius 3 is 1.36 bits per heavy atom. The molecule has 0 aromatic heterocycles. The molecule has 10 heteroatoms. The smallest absolute Gasteiger partial charge is 0.306 e. The standard InChI is InChI=1S/C8H14O4.C3H7NOS.CH3NOS/c1-3-11-7(9)5-6-8(10)12-4-2;1-4(2)3(5)6;2-1(3)4/h3-6H2,1-2H3;1-2H3,(H,5,6);(H3,2,3,4). The van der Waals surface area contributed by atoms with E-state index in [9.17, 15) is 9.59 Å². The minimum absolute atomic E-state index is 0.0741. The van der Waals surface area contributed by atoms with Gasteiger partial charge in [0.2, 0.25) is 0 Å². The number of ether oxygens (including phenoxy) is 2. The van der Waals surface area contributed by atoms with Crippen molar-refractivity contribution in [1.82, 2.24) is 4.90 Å². The highest BCUT2D eigenvalue weighted by atomic mass is 32.1. The molecular weight excluding hydrogens is 332 g/mol. The molecule has 0 fully saturated rings. The molecule has 0 spiro atoms. The number of thiocarbonyl (C=S) groups is 2. The third-order valence-corrected chi connectivity index (χ3v) is 1.89. The summed E-state index contributed by atoms with van der Waals surface area (Å²) in [5, 5.41) is 15.3. The summed E-state index contributed by atoms with van der Waals surface area (Å²) in [6, 6.07) is 0. The first-order chi connectivity index (χ1) is 10.1. The monoisotopic (exact) mass is 356 g/mol. The highest BCUT2D eigenvalue weighted by Gasteiger charge is 2.06. The molecule has 0 aliphatic carbocycles. The minimum Gasteiger partial charge on any atom is -0.487 e. The second-order valence-corrected chi connectivity index (χ2v) is 4.41. The Morgan fingerprint density at radius 2 is 1.23 bits per heavy atom. The van der Waals surface area contributed by atoms with Crippen molar-refractivity contribution in [3.63, 3.8) is 0 Å². The molecule has 4 N–H and O–H groups in total. The number of nitrogens with two attached hydrogens (primary N) is 1. The topological polar surface area (TPSA) is 122 Å². The molecule has 0 aliphatic rings. The first-order valence-electron chi connectivity index (χ1n) is 6.28. The van der Waals surface area contributed by atoms with Gasteiger partial charge >= 0.3 is 11.9 Å². The van der Waals surface area contributed by atoms with Gasteiger partial charge in [-0.3, -0.25) is 9.59 Å². The zero-order valence-electron chi connectivity index (χ0n) is 13.2. The van der Waals surface area contributed by atoms with Gasteiger partial charge in [0, 0.05) is 14.1 Å². The van der Waals surface area contributed by atoms with Gasteiger partial charge in [-0.05, 0) is 38.3 Å². The summed E-state index contributed by atoms with van der Waals surface area (Å²) in [7, 11) is 3.37. The van der Waals surface area contributed by atoms with Gasteiger partial charge in [-0.1, -0.05) is 0 Å². The summed E-state index contributed by atoms with van der Waals surface area (Å²) in [5.41, 5.74) is 4.40. The van der Waals surface area contributed by atoms with Gasteiger partial charge in [0.05, 0.1) is 26.1 Å². The molecule has 0 aromatic carbocycles. The Bertz CT molecular complexity index is 329. The van der Waals surface area contributed by atoms with Gasteiger partial charge in [-0.15, -0.1) is 0 Å². The van der Waals surface area contributed by atoms with E-state index in [0.29, 0.717) is 13.2 Å². The van der Waals surface area contributed by atoms with Gasteiger partial charge in [-0.2, -0.15) is 0 Å². The number of esters is 2. The lowest BCUT2D eigenvalue weighted by molar-refractivity contribution is -0.149. The van der Waals surface area contributed by atoms with Crippen LogP contribution in [0, 0.1) is 0 Å². The van der Waals surface area contributed by atoms with Gasteiger partial charge in [0.1, 0.15) is 0 Å². The summed E-state index contributed by atoms with van der Waals surface area (Å²) in [4.78, 5) is 22.9. The molecule has 0 saturated carbocycles. The Labute approximate surface area is 141 Å². The van der Waals surface area contributed by atoms with Crippen LogP contribution in [0.4, 0.5) is 0 Å². The maximum Gasteiger partial charge on any atom is 0.306 e. The summed E-state index contributed by atoms with van der Waals surface area (Å²) >= 11 is 8.17. The lowest BCUT2D eigenvalue weighted by Crippen LogP contribution is -2.17. The maximum absolute atomic E-state index is 10.7. The molecule has 130 valence electrons. The number of aliphatic hydroxyl groups excluding tert-OH is 2. The fourth-order valence-corrected chi connectivity index (χ4v) is 0.670. The third kappa shape index (κ3) is 31.0. The van der Waals surface area contributed by atoms with Crippen LogP contribution < -0.4 is 5.73 Å². The Hall–Kier alpha value is -1.68. The van der Waals surface area contributed by atoms with Crippen molar-refractivity contribution < 1.29 is 29.3 Å². The highest BCUT2D eigenvalue weighted by Crippen LogP contribution is 1.95. The van der Waals surface area contributed by atoms with Crippen molar-refractivity contribution in [2.75, 3.05) is 27.3 Å². The van der Waals surface area contributed by atoms with Crippen LogP contribution in [-0.2, 0) is 19.1 Å². The van der Waals surface area contributed by atoms with Crippen LogP contribution in [-0.4, -0.2) is 64.7 Å². The van der Waals surface area contributed by atoms with Crippen molar-refractivity contribution in [2.45, 2.75) is 26.7 Å². The van der Waals surface area contributed by atoms with E-state index in [1.807, 2.05) is 0 Å². The minimum atomic E-state index is -0.500. The molecule has 0 amide bonds. The fraction of sp³-hybridized carbons (Fsp3) is 0.667. The first kappa shape index (κ1) is 25.3. The van der Waals surface area contributed by atoms with Crippen LogP contribution in [0.15, 0.2) is 0 Å². The summed E-state index contributed by atoms with van der Waals surface area (Å²) in [6.45, 7) is 4.15. The Morgan fingerprint density at radius 1 is 1.00 bits per heavy atom. The van der Waals surface area contributed by atoms with Crippen molar-refractivity contribution in [2.24, 2.45) is 5.73 Å². The zero-order valence-corrected chi connectivity index (χ0v) is 14.8. The average molecular weight is 356 g/mol. The predicted octanol–water partition coefficient (Wildman–Crippen LogP) is 1.07. The van der Waals surface area contributed by atoms with E-state index in [1.165, 1.54) is 4.90 Å². The van der Waals surface area contributed by atoms with Gasteiger partial charge in [-0.25, -0.2) is 0 Å². The number of nitrogens with zero attached hydrogens (tertiary/aromatic N) is 1. The largest absolute Gasteiger partial charge is 0.487 e. The molecule has 0 bridgehead atoms. The second kappa shape index (κ2) is 17.4. The number of aliphatic hydroxyl groups is 2. The predicted molar refractivity (Wildman–Crippen MR) is 90.8 cm³/mol. The summed E-state index contributed by atoms with van der Waals surface area (Å²) in [6.07, 6.45) is 0.208. The van der Waals surface area contributed by atoms with E-state index in [0.717, 1.165) is 0 Å². The van der Waals surface area contributed by atoms with E-state index in [1.54, 1.807) is 27.9 Å². The van der Waals surface area contributed by atoms with Crippen molar-refractivity contribution in [1.29, 1.82) is 0 Å². The molecule has 0 atom stereocenters. The van der Waals surface area contributed by atoms with Gasteiger partial charge < -0.3 is 30.3 Å². The van der Waals surface area contributed by atoms with Crippen LogP contribution in [0.25, 0.3) is 0 Å². The van der Waals surface area contributed by atoms with Crippen LogP contribution >= 0.6 is 24.4 Å². The van der Waals surface area contributed by atoms with Gasteiger partial charge in [0.25, 0.3) is 10.3 Å². The van der Waals surface area contributed by atoms with E-state index in [4.69, 9.17) is 10.2 Å². The summed E-state index contributed by atoms with van der Waals surface area (Å²) in [5.74, 6) is -0.712. The molecule has 0 aliphatic heterocycles. The lowest BCUT2D eigenvalue weighted by Gasteiger charge is -2.03. The van der Waals surface area contributed by atoms with E-state index in [2.05, 4.69) is 39.6 Å². The Kier molecular flexibility index (Phi) is 20.0. The van der Waals surface area contributed by atoms with Crippen LogP contribution in [0.5, 0.6) is 0 Å². The molecule has 0 unspecified atom stereocenters. The number of carbonyl (C=O) groups is 2. The second-order valence-electron chi connectivity index (χ2n) is 3.63. The molecule has 8 nitrogen and oxygen atoms in total. The van der Waals surface area contributed by atoms with E-state index < -0.39 is 5.17 Å². The zero-order chi connectivity index (χ0) is 18.1. The molecule has 0 radical (unpaired) electrons. The van der Waals surface area contributed by atoms with Crippen molar-refractivity contribution in [3.05, 3.63) is 0 Å². The first-order valence-corrected chi connectivity index (χ1v) is 7.09. The molecule has 0 heterocycles. The number of rotatable bonds is 5. The number of carbonyl (C=O) groups excluding carboxylic acids is 2. The van der Waals surface area contributed by atoms with Crippen LogP contribution in [0.1, 0.15) is 26.7 Å². The quantitative estimate of drug-likeness (QED) is 0.487. The molecule has 0 aromatic rings. The molecular formula is C12H24N2O6S2. The highest BCUT2D eigenvalue weighted by molar-refractivity contribution is 7.80. The average Bonchev–Trinajstić information content (AvgIpc) is 2.37. The van der Waals surface area contributed by atoms with Gasteiger partial charge in [0.15, 0.2) is 0 Å². The SMILES string of the molecule is CCOC(=O)CCC(=O)OCC.CN(C)C(O)=S.NC(O)=S. The number of hydrogen-bond donors (Lipinski definition) is 3. The Balaban J connectivity index is -0.000000300. The van der Waals surface area contributed by atoms with Crippen LogP contribution in [0.2, 0.25) is 0 Å². The lowest BCUT2D eigenvalue weighted by atomic mass is 10.3. The molecule has 0 rings (SSSR count). The summed E-state index contributed by atoms with van der Waals surface area (Å²) < 4.78 is 9.25. The maximum atomic E-state index is 10.7. The molecule has 22 heavy (non-hydrogen) atoms. The van der Waals surface area contributed by atoms with Crippen LogP contribution in [0.3, 0.4) is 0 Å². The van der Waals surface area contributed by atoms with E-state index in [-0.39, 0.29) is 30.0 Å². The van der Waals surface area contributed by atoms with E-state index >= 15 is 0 Å². The molecule has 0 saturated heterocycles.